The molecule has 154 valence electrons. The van der Waals surface area contributed by atoms with Crippen LogP contribution in [0.2, 0.25) is 0 Å². The summed E-state index contributed by atoms with van der Waals surface area (Å²) in [6.45, 7) is 5.55. The fourth-order valence-electron chi connectivity index (χ4n) is 3.14. The monoisotopic (exact) mass is 407 g/mol. The minimum Gasteiger partial charge on any atom is -0.478 e. The number of amides is 1. The molecule has 0 atom stereocenters. The SMILES string of the molecule is CCOC(=O)c1c(C)nn(-c2ccc(NC(=O)c3ccccc3C(=O)O)cc2)c1C. The predicted octanol–water partition coefficient (Wildman–Crippen LogP) is 3.62. The van der Waals surface area contributed by atoms with Gasteiger partial charge in [-0.1, -0.05) is 12.1 Å². The summed E-state index contributed by atoms with van der Waals surface area (Å²) in [5.74, 6) is -2.10. The Morgan fingerprint density at radius 1 is 1.03 bits per heavy atom. The molecule has 0 aliphatic heterocycles. The molecular weight excluding hydrogens is 386 g/mol. The average Bonchev–Trinajstić information content (AvgIpc) is 3.02. The number of esters is 1. The van der Waals surface area contributed by atoms with Gasteiger partial charge in [0.05, 0.1) is 34.8 Å². The number of aryl methyl sites for hydroxylation is 1. The molecule has 1 aromatic heterocycles. The summed E-state index contributed by atoms with van der Waals surface area (Å²) in [5, 5.41) is 16.4. The number of aromatic carboxylic acids is 1. The molecule has 1 heterocycles. The Labute approximate surface area is 173 Å². The molecule has 8 heteroatoms. The third-order valence-corrected chi connectivity index (χ3v) is 4.54. The number of aromatic nitrogens is 2. The van der Waals surface area contributed by atoms with Gasteiger partial charge in [0, 0.05) is 5.69 Å². The Bertz CT molecular complexity index is 1120. The van der Waals surface area contributed by atoms with E-state index in [1.165, 1.54) is 12.1 Å². The van der Waals surface area contributed by atoms with Gasteiger partial charge in [0.15, 0.2) is 0 Å². The highest BCUT2D eigenvalue weighted by Crippen LogP contribution is 2.21. The zero-order chi connectivity index (χ0) is 21.8. The van der Waals surface area contributed by atoms with E-state index in [-0.39, 0.29) is 17.7 Å². The molecule has 2 N–H and O–H groups in total. The Morgan fingerprint density at radius 3 is 2.27 bits per heavy atom. The molecule has 0 spiro atoms. The summed E-state index contributed by atoms with van der Waals surface area (Å²) in [4.78, 5) is 35.9. The summed E-state index contributed by atoms with van der Waals surface area (Å²) in [5.41, 5.74) is 2.85. The number of carbonyl (C=O) groups excluding carboxylic acids is 2. The molecule has 0 aliphatic carbocycles. The number of carboxylic acids is 1. The van der Waals surface area contributed by atoms with Crippen LogP contribution >= 0.6 is 0 Å². The summed E-state index contributed by atoms with van der Waals surface area (Å²) >= 11 is 0. The van der Waals surface area contributed by atoms with Crippen LogP contribution in [0.4, 0.5) is 5.69 Å². The second-order valence-electron chi connectivity index (χ2n) is 6.53. The van der Waals surface area contributed by atoms with Crippen LogP contribution in [0.5, 0.6) is 0 Å². The lowest BCUT2D eigenvalue weighted by Gasteiger charge is -2.09. The summed E-state index contributed by atoms with van der Waals surface area (Å²) in [7, 11) is 0. The van der Waals surface area contributed by atoms with E-state index < -0.39 is 17.8 Å². The number of hydrogen-bond acceptors (Lipinski definition) is 5. The number of ether oxygens (including phenoxy) is 1. The fraction of sp³-hybridized carbons (Fsp3) is 0.182. The highest BCUT2D eigenvalue weighted by Gasteiger charge is 2.20. The van der Waals surface area contributed by atoms with Crippen molar-refractivity contribution in [2.45, 2.75) is 20.8 Å². The maximum Gasteiger partial charge on any atom is 0.341 e. The van der Waals surface area contributed by atoms with Gasteiger partial charge < -0.3 is 15.2 Å². The van der Waals surface area contributed by atoms with Crippen molar-refractivity contribution in [1.82, 2.24) is 9.78 Å². The highest BCUT2D eigenvalue weighted by molar-refractivity contribution is 6.10. The maximum absolute atomic E-state index is 12.5. The lowest BCUT2D eigenvalue weighted by molar-refractivity contribution is 0.0524. The molecule has 8 nitrogen and oxygen atoms in total. The first-order valence-electron chi connectivity index (χ1n) is 9.31. The van der Waals surface area contributed by atoms with Gasteiger partial charge >= 0.3 is 11.9 Å². The van der Waals surface area contributed by atoms with Crippen LogP contribution < -0.4 is 5.32 Å². The highest BCUT2D eigenvalue weighted by atomic mass is 16.5. The van der Waals surface area contributed by atoms with Gasteiger partial charge in [0.2, 0.25) is 0 Å². The van der Waals surface area contributed by atoms with Crippen molar-refractivity contribution in [3.63, 3.8) is 0 Å². The van der Waals surface area contributed by atoms with Crippen molar-refractivity contribution in [2.75, 3.05) is 11.9 Å². The van der Waals surface area contributed by atoms with Gasteiger partial charge in [-0.25, -0.2) is 14.3 Å². The lowest BCUT2D eigenvalue weighted by Crippen LogP contribution is -2.16. The number of nitrogens with zero attached hydrogens (tertiary/aromatic N) is 2. The lowest BCUT2D eigenvalue weighted by atomic mass is 10.1. The number of rotatable bonds is 6. The van der Waals surface area contributed by atoms with Crippen molar-refractivity contribution in [2.24, 2.45) is 0 Å². The smallest absolute Gasteiger partial charge is 0.341 e. The fourth-order valence-corrected chi connectivity index (χ4v) is 3.14. The first kappa shape index (κ1) is 20.8. The molecule has 0 saturated carbocycles. The van der Waals surface area contributed by atoms with E-state index in [1.54, 1.807) is 61.9 Å². The van der Waals surface area contributed by atoms with Crippen molar-refractivity contribution >= 4 is 23.5 Å². The van der Waals surface area contributed by atoms with E-state index in [0.29, 0.717) is 28.3 Å². The first-order chi connectivity index (χ1) is 14.3. The number of benzene rings is 2. The minimum atomic E-state index is -1.17. The van der Waals surface area contributed by atoms with Gasteiger partial charge in [-0.3, -0.25) is 4.79 Å². The molecule has 0 unspecified atom stereocenters. The van der Waals surface area contributed by atoms with Crippen LogP contribution in [-0.4, -0.2) is 39.3 Å². The van der Waals surface area contributed by atoms with E-state index in [9.17, 15) is 19.5 Å². The van der Waals surface area contributed by atoms with Crippen molar-refractivity contribution in [3.05, 3.63) is 76.6 Å². The van der Waals surface area contributed by atoms with Crippen LogP contribution in [0.15, 0.2) is 48.5 Å². The number of carbonyl (C=O) groups is 3. The molecule has 0 fully saturated rings. The topological polar surface area (TPSA) is 111 Å². The van der Waals surface area contributed by atoms with Crippen molar-refractivity contribution < 1.29 is 24.2 Å². The van der Waals surface area contributed by atoms with Crippen LogP contribution in [0.25, 0.3) is 5.69 Å². The van der Waals surface area contributed by atoms with Crippen LogP contribution in [0, 0.1) is 13.8 Å². The second kappa shape index (κ2) is 8.60. The molecule has 30 heavy (non-hydrogen) atoms. The quantitative estimate of drug-likeness (QED) is 0.604. The molecule has 0 aliphatic rings. The van der Waals surface area contributed by atoms with E-state index >= 15 is 0 Å². The van der Waals surface area contributed by atoms with E-state index in [0.717, 1.165) is 0 Å². The normalized spacial score (nSPS) is 10.5. The maximum atomic E-state index is 12.5. The van der Waals surface area contributed by atoms with Gasteiger partial charge in [-0.15, -0.1) is 0 Å². The number of nitrogens with one attached hydrogen (secondary N) is 1. The third kappa shape index (κ3) is 4.07. The standard InChI is InChI=1S/C22H21N3O5/c1-4-30-22(29)19-13(2)24-25(14(19)3)16-11-9-15(10-12-16)23-20(26)17-7-5-6-8-18(17)21(27)28/h5-12H,4H2,1-3H3,(H,23,26)(H,27,28). The van der Waals surface area contributed by atoms with Crippen LogP contribution in [0.3, 0.4) is 0 Å². The van der Waals surface area contributed by atoms with E-state index in [4.69, 9.17) is 4.74 Å². The molecule has 0 radical (unpaired) electrons. The number of carboxylic acid groups (broad SMARTS) is 1. The number of anilines is 1. The van der Waals surface area contributed by atoms with Gasteiger partial charge in [0.1, 0.15) is 5.56 Å². The molecule has 3 rings (SSSR count). The van der Waals surface area contributed by atoms with Gasteiger partial charge in [-0.05, 0) is 57.2 Å². The summed E-state index contributed by atoms with van der Waals surface area (Å²) in [6.07, 6.45) is 0. The molecule has 3 aromatic rings. The first-order valence-corrected chi connectivity index (χ1v) is 9.31. The minimum absolute atomic E-state index is 0.0687. The summed E-state index contributed by atoms with van der Waals surface area (Å²) in [6, 6.07) is 12.8. The van der Waals surface area contributed by atoms with Crippen molar-refractivity contribution in [1.29, 1.82) is 0 Å². The van der Waals surface area contributed by atoms with E-state index in [1.807, 2.05) is 0 Å². The number of hydrogen-bond donors (Lipinski definition) is 2. The predicted molar refractivity (Wildman–Crippen MR) is 110 cm³/mol. The Morgan fingerprint density at radius 2 is 1.67 bits per heavy atom. The molecule has 0 saturated heterocycles. The largest absolute Gasteiger partial charge is 0.478 e. The third-order valence-electron chi connectivity index (χ3n) is 4.54. The summed E-state index contributed by atoms with van der Waals surface area (Å²) < 4.78 is 6.72. The Balaban J connectivity index is 1.83. The van der Waals surface area contributed by atoms with E-state index in [2.05, 4.69) is 10.4 Å². The molecule has 0 bridgehead atoms. The zero-order valence-corrected chi connectivity index (χ0v) is 16.8. The zero-order valence-electron chi connectivity index (χ0n) is 16.8. The Hall–Kier alpha value is -3.94. The average molecular weight is 407 g/mol. The van der Waals surface area contributed by atoms with Crippen LogP contribution in [-0.2, 0) is 4.74 Å². The van der Waals surface area contributed by atoms with Gasteiger partial charge in [0.25, 0.3) is 5.91 Å². The van der Waals surface area contributed by atoms with Crippen LogP contribution in [0.1, 0.15) is 49.4 Å². The molecule has 2 aromatic carbocycles. The Kier molecular flexibility index (Phi) is 5.96. The molecule has 1 amide bonds. The van der Waals surface area contributed by atoms with Crippen molar-refractivity contribution in [3.8, 4) is 5.69 Å². The second-order valence-corrected chi connectivity index (χ2v) is 6.53. The van der Waals surface area contributed by atoms with Gasteiger partial charge in [-0.2, -0.15) is 5.10 Å². The molecular formula is C22H21N3O5.